The minimum atomic E-state index is 0.0214. The molecule has 0 aliphatic rings. The molecule has 1 aromatic carbocycles. The number of hydrogen-bond acceptors (Lipinski definition) is 5. The summed E-state index contributed by atoms with van der Waals surface area (Å²) in [6.07, 6.45) is 2.11. The number of ether oxygens (including phenoxy) is 1. The Labute approximate surface area is 159 Å². The van der Waals surface area contributed by atoms with Gasteiger partial charge in [-0.3, -0.25) is 4.79 Å². The van der Waals surface area contributed by atoms with Crippen LogP contribution in [0.15, 0.2) is 29.4 Å². The molecular formula is C19H28N4O2S. The molecule has 6 nitrogen and oxygen atoms in total. The van der Waals surface area contributed by atoms with Gasteiger partial charge in [0.15, 0.2) is 11.0 Å². The SMILES string of the molecule is COc1ccccc1-c1nnc(SCC(=O)N[C@@H](C)CCC(C)C)n1C. The maximum absolute atomic E-state index is 12.2. The number of amides is 1. The number of para-hydroxylation sites is 1. The van der Waals surface area contributed by atoms with Crippen molar-refractivity contribution in [2.24, 2.45) is 13.0 Å². The van der Waals surface area contributed by atoms with Gasteiger partial charge >= 0.3 is 0 Å². The number of benzene rings is 1. The Morgan fingerprint density at radius 2 is 1.96 bits per heavy atom. The number of hydrogen-bond donors (Lipinski definition) is 1. The van der Waals surface area contributed by atoms with Crippen LogP contribution in [0, 0.1) is 5.92 Å². The standard InChI is InChI=1S/C19H28N4O2S/c1-13(2)10-11-14(3)20-17(24)12-26-19-22-21-18(23(19)4)15-8-6-7-9-16(15)25-5/h6-9,13-14H,10-12H2,1-5H3,(H,20,24)/t14-/m0/s1. The van der Waals surface area contributed by atoms with Crippen molar-refractivity contribution < 1.29 is 9.53 Å². The van der Waals surface area contributed by atoms with Gasteiger partial charge in [0, 0.05) is 13.1 Å². The molecule has 0 bridgehead atoms. The Hall–Kier alpha value is -2.02. The Balaban J connectivity index is 1.95. The van der Waals surface area contributed by atoms with E-state index in [9.17, 15) is 4.79 Å². The van der Waals surface area contributed by atoms with Crippen molar-refractivity contribution in [1.29, 1.82) is 0 Å². The van der Waals surface area contributed by atoms with Crippen LogP contribution in [0.3, 0.4) is 0 Å². The summed E-state index contributed by atoms with van der Waals surface area (Å²) in [5.74, 6) is 2.46. The van der Waals surface area contributed by atoms with Gasteiger partial charge in [-0.1, -0.05) is 37.7 Å². The van der Waals surface area contributed by atoms with Crippen molar-refractivity contribution in [3.05, 3.63) is 24.3 Å². The van der Waals surface area contributed by atoms with E-state index in [4.69, 9.17) is 4.74 Å². The molecule has 0 fully saturated rings. The monoisotopic (exact) mass is 376 g/mol. The zero-order valence-electron chi connectivity index (χ0n) is 16.2. The Bertz CT molecular complexity index is 730. The molecule has 26 heavy (non-hydrogen) atoms. The lowest BCUT2D eigenvalue weighted by Gasteiger charge is -2.14. The van der Waals surface area contributed by atoms with Crippen molar-refractivity contribution in [1.82, 2.24) is 20.1 Å². The van der Waals surface area contributed by atoms with Gasteiger partial charge in [0.25, 0.3) is 0 Å². The molecule has 1 aromatic heterocycles. The molecule has 0 unspecified atom stereocenters. The maximum atomic E-state index is 12.2. The number of rotatable bonds is 9. The average Bonchev–Trinajstić information content (AvgIpc) is 2.98. The van der Waals surface area contributed by atoms with Crippen LogP contribution < -0.4 is 10.1 Å². The van der Waals surface area contributed by atoms with Gasteiger partial charge in [-0.05, 0) is 37.8 Å². The second kappa shape index (κ2) is 9.62. The summed E-state index contributed by atoms with van der Waals surface area (Å²) in [4.78, 5) is 12.2. The van der Waals surface area contributed by atoms with Gasteiger partial charge in [0.2, 0.25) is 5.91 Å². The van der Waals surface area contributed by atoms with Crippen LogP contribution in [-0.2, 0) is 11.8 Å². The smallest absolute Gasteiger partial charge is 0.230 e. The fraction of sp³-hybridized carbons (Fsp3) is 0.526. The lowest BCUT2D eigenvalue weighted by atomic mass is 10.0. The van der Waals surface area contributed by atoms with Gasteiger partial charge in [-0.15, -0.1) is 10.2 Å². The van der Waals surface area contributed by atoms with Gasteiger partial charge in [-0.2, -0.15) is 0 Å². The van der Waals surface area contributed by atoms with Gasteiger partial charge in [0.05, 0.1) is 18.4 Å². The fourth-order valence-corrected chi connectivity index (χ4v) is 3.33. The average molecular weight is 377 g/mol. The molecule has 2 aromatic rings. The third-order valence-electron chi connectivity index (χ3n) is 4.10. The van der Waals surface area contributed by atoms with Crippen molar-refractivity contribution in [2.75, 3.05) is 12.9 Å². The molecule has 7 heteroatoms. The number of carbonyl (C=O) groups is 1. The molecular weight excluding hydrogens is 348 g/mol. The molecule has 2 rings (SSSR count). The third-order valence-corrected chi connectivity index (χ3v) is 5.12. The van der Waals surface area contributed by atoms with Crippen molar-refractivity contribution in [3.8, 4) is 17.1 Å². The van der Waals surface area contributed by atoms with Gasteiger partial charge in [-0.25, -0.2) is 0 Å². The van der Waals surface area contributed by atoms with E-state index in [0.29, 0.717) is 16.8 Å². The van der Waals surface area contributed by atoms with E-state index in [2.05, 4.69) is 29.4 Å². The maximum Gasteiger partial charge on any atom is 0.230 e. The first-order chi connectivity index (χ1) is 12.4. The highest BCUT2D eigenvalue weighted by Gasteiger charge is 2.16. The first-order valence-corrected chi connectivity index (χ1v) is 9.85. The number of nitrogens with one attached hydrogen (secondary N) is 1. The molecule has 142 valence electrons. The summed E-state index contributed by atoms with van der Waals surface area (Å²) < 4.78 is 7.28. The van der Waals surface area contributed by atoms with Crippen molar-refractivity contribution in [3.63, 3.8) is 0 Å². The van der Waals surface area contributed by atoms with Crippen molar-refractivity contribution in [2.45, 2.75) is 44.8 Å². The summed E-state index contributed by atoms with van der Waals surface area (Å²) in [7, 11) is 3.53. The van der Waals surface area contributed by atoms with E-state index in [0.717, 1.165) is 30.0 Å². The summed E-state index contributed by atoms with van der Waals surface area (Å²) in [6, 6.07) is 7.88. The van der Waals surface area contributed by atoms with Crippen molar-refractivity contribution >= 4 is 17.7 Å². The minimum Gasteiger partial charge on any atom is -0.496 e. The zero-order valence-corrected chi connectivity index (χ0v) is 17.0. The zero-order chi connectivity index (χ0) is 19.1. The molecule has 1 heterocycles. The quantitative estimate of drug-likeness (QED) is 0.678. The molecule has 1 atom stereocenters. The van der Waals surface area contributed by atoms with Gasteiger partial charge < -0.3 is 14.6 Å². The van der Waals surface area contributed by atoms with Crippen LogP contribution in [0.1, 0.15) is 33.6 Å². The summed E-state index contributed by atoms with van der Waals surface area (Å²) in [5.41, 5.74) is 0.878. The van der Waals surface area contributed by atoms with Crippen LogP contribution in [-0.4, -0.2) is 39.6 Å². The normalized spacial score (nSPS) is 12.2. The first kappa shape index (κ1) is 20.3. The van der Waals surface area contributed by atoms with E-state index in [-0.39, 0.29) is 11.9 Å². The molecule has 0 saturated carbocycles. The highest BCUT2D eigenvalue weighted by molar-refractivity contribution is 7.99. The molecule has 1 amide bonds. The van der Waals surface area contributed by atoms with Crippen LogP contribution in [0.25, 0.3) is 11.4 Å². The number of nitrogens with zero attached hydrogens (tertiary/aromatic N) is 3. The molecule has 0 aliphatic carbocycles. The molecule has 0 radical (unpaired) electrons. The molecule has 0 spiro atoms. The third kappa shape index (κ3) is 5.49. The van der Waals surface area contributed by atoms with E-state index >= 15 is 0 Å². The predicted octanol–water partition coefficient (Wildman–Crippen LogP) is 3.52. The number of aromatic nitrogens is 3. The highest BCUT2D eigenvalue weighted by Crippen LogP contribution is 2.29. The fourth-order valence-electron chi connectivity index (χ4n) is 2.61. The topological polar surface area (TPSA) is 69.0 Å². The van der Waals surface area contributed by atoms with Crippen LogP contribution in [0.5, 0.6) is 5.75 Å². The van der Waals surface area contributed by atoms with E-state index in [1.54, 1.807) is 7.11 Å². The first-order valence-electron chi connectivity index (χ1n) is 8.87. The second-order valence-corrected chi connectivity index (χ2v) is 7.74. The number of carbonyl (C=O) groups excluding carboxylic acids is 1. The summed E-state index contributed by atoms with van der Waals surface area (Å²) in [5, 5.41) is 12.2. The Morgan fingerprint density at radius 1 is 1.23 bits per heavy atom. The van der Waals surface area contributed by atoms with Crippen LogP contribution >= 0.6 is 11.8 Å². The molecule has 1 N–H and O–H groups in total. The Morgan fingerprint density at radius 3 is 2.65 bits per heavy atom. The van der Waals surface area contributed by atoms with E-state index in [1.807, 2.05) is 42.8 Å². The van der Waals surface area contributed by atoms with E-state index < -0.39 is 0 Å². The second-order valence-electron chi connectivity index (χ2n) is 6.79. The number of methoxy groups -OCH3 is 1. The van der Waals surface area contributed by atoms with Crippen LogP contribution in [0.2, 0.25) is 0 Å². The lowest BCUT2D eigenvalue weighted by Crippen LogP contribution is -2.34. The Kier molecular flexibility index (Phi) is 7.50. The largest absolute Gasteiger partial charge is 0.496 e. The molecule has 0 aliphatic heterocycles. The minimum absolute atomic E-state index is 0.0214. The van der Waals surface area contributed by atoms with E-state index in [1.165, 1.54) is 11.8 Å². The molecule has 0 saturated heterocycles. The summed E-state index contributed by atoms with van der Waals surface area (Å²) >= 11 is 1.39. The summed E-state index contributed by atoms with van der Waals surface area (Å²) in [6.45, 7) is 6.43. The van der Waals surface area contributed by atoms with Crippen LogP contribution in [0.4, 0.5) is 0 Å². The predicted molar refractivity (Wildman–Crippen MR) is 105 cm³/mol. The lowest BCUT2D eigenvalue weighted by molar-refractivity contribution is -0.119. The number of thioether (sulfide) groups is 1. The highest BCUT2D eigenvalue weighted by atomic mass is 32.2. The van der Waals surface area contributed by atoms with Gasteiger partial charge in [0.1, 0.15) is 5.75 Å².